The molecule has 0 radical (unpaired) electrons. The van der Waals surface area contributed by atoms with Crippen LogP contribution in [0.25, 0.3) is 0 Å². The molecule has 0 aromatic rings. The van der Waals surface area contributed by atoms with E-state index in [0.29, 0.717) is 52.8 Å². The van der Waals surface area contributed by atoms with Gasteiger partial charge in [0.1, 0.15) is 6.17 Å². The Hall–Kier alpha value is -0.840. The number of rotatable bonds is 17. The predicted molar refractivity (Wildman–Crippen MR) is 88.2 cm³/mol. The lowest BCUT2D eigenvalue weighted by molar-refractivity contribution is -0.124. The van der Waals surface area contributed by atoms with Crippen LogP contribution in [0.3, 0.4) is 0 Å². The lowest BCUT2D eigenvalue weighted by Gasteiger charge is -2.12. The SMILES string of the molecule is CC(C)C(=O)NCC(F)COCCOCCOCCOCCNN. The molecule has 144 valence electrons. The Balaban J connectivity index is 3.20. The van der Waals surface area contributed by atoms with E-state index in [2.05, 4.69) is 10.7 Å². The molecule has 0 fully saturated rings. The van der Waals surface area contributed by atoms with Crippen LogP contribution in [-0.2, 0) is 23.7 Å². The molecule has 0 rings (SSSR count). The predicted octanol–water partition coefficient (Wildman–Crippen LogP) is -0.374. The van der Waals surface area contributed by atoms with E-state index in [-0.39, 0.29) is 25.0 Å². The number of nitrogens with two attached hydrogens (primary N) is 1. The second-order valence-corrected chi connectivity index (χ2v) is 5.36. The summed E-state index contributed by atoms with van der Waals surface area (Å²) in [4.78, 5) is 11.3. The minimum absolute atomic E-state index is 0.0326. The van der Waals surface area contributed by atoms with E-state index in [4.69, 9.17) is 24.8 Å². The second kappa shape index (κ2) is 17.0. The largest absolute Gasteiger partial charge is 0.378 e. The van der Waals surface area contributed by atoms with Crippen molar-refractivity contribution in [3.8, 4) is 0 Å². The molecular formula is C15H32FN3O5. The lowest BCUT2D eigenvalue weighted by Crippen LogP contribution is -2.35. The van der Waals surface area contributed by atoms with Crippen LogP contribution in [0.5, 0.6) is 0 Å². The first-order valence-corrected chi connectivity index (χ1v) is 8.24. The van der Waals surface area contributed by atoms with Crippen LogP contribution in [0.2, 0.25) is 0 Å². The summed E-state index contributed by atoms with van der Waals surface area (Å²) in [6, 6.07) is 0. The number of hydrogen-bond donors (Lipinski definition) is 3. The van der Waals surface area contributed by atoms with Crippen molar-refractivity contribution in [3.63, 3.8) is 0 Å². The molecule has 0 saturated carbocycles. The molecule has 0 aliphatic heterocycles. The van der Waals surface area contributed by atoms with Gasteiger partial charge in [-0.15, -0.1) is 0 Å². The summed E-state index contributed by atoms with van der Waals surface area (Å²) in [5, 5.41) is 2.52. The molecule has 0 aliphatic rings. The van der Waals surface area contributed by atoms with Crippen LogP contribution in [0.15, 0.2) is 0 Å². The Kier molecular flexibility index (Phi) is 16.4. The van der Waals surface area contributed by atoms with Gasteiger partial charge in [-0.05, 0) is 0 Å². The molecule has 1 atom stereocenters. The normalized spacial score (nSPS) is 12.5. The molecule has 0 spiro atoms. The average Bonchev–Trinajstić information content (AvgIpc) is 2.56. The minimum atomic E-state index is -1.22. The van der Waals surface area contributed by atoms with E-state index in [0.717, 1.165) is 0 Å². The molecule has 9 heteroatoms. The molecule has 0 aromatic carbocycles. The van der Waals surface area contributed by atoms with Gasteiger partial charge < -0.3 is 24.3 Å². The van der Waals surface area contributed by atoms with Crippen molar-refractivity contribution in [2.75, 3.05) is 65.9 Å². The van der Waals surface area contributed by atoms with Crippen molar-refractivity contribution >= 4 is 5.91 Å². The van der Waals surface area contributed by atoms with Gasteiger partial charge in [-0.25, -0.2) is 4.39 Å². The summed E-state index contributed by atoms with van der Waals surface area (Å²) in [5.41, 5.74) is 2.49. The van der Waals surface area contributed by atoms with Gasteiger partial charge in [-0.3, -0.25) is 16.1 Å². The zero-order valence-corrected chi connectivity index (χ0v) is 14.7. The van der Waals surface area contributed by atoms with Gasteiger partial charge in [0.25, 0.3) is 0 Å². The van der Waals surface area contributed by atoms with Crippen LogP contribution in [-0.4, -0.2) is 78.0 Å². The van der Waals surface area contributed by atoms with Gasteiger partial charge in [0, 0.05) is 12.5 Å². The maximum atomic E-state index is 13.4. The van der Waals surface area contributed by atoms with Gasteiger partial charge in [-0.2, -0.15) is 0 Å². The Labute approximate surface area is 143 Å². The number of amides is 1. The molecule has 24 heavy (non-hydrogen) atoms. The Morgan fingerprint density at radius 1 is 0.958 bits per heavy atom. The number of nitrogens with one attached hydrogen (secondary N) is 2. The molecule has 1 unspecified atom stereocenters. The number of carbonyl (C=O) groups excluding carboxylic acids is 1. The van der Waals surface area contributed by atoms with Crippen molar-refractivity contribution in [3.05, 3.63) is 0 Å². The van der Waals surface area contributed by atoms with E-state index in [1.165, 1.54) is 0 Å². The number of carbonyl (C=O) groups is 1. The van der Waals surface area contributed by atoms with Crippen LogP contribution in [0.1, 0.15) is 13.8 Å². The fraction of sp³-hybridized carbons (Fsp3) is 0.933. The van der Waals surface area contributed by atoms with E-state index in [1.54, 1.807) is 13.8 Å². The zero-order chi connectivity index (χ0) is 18.0. The van der Waals surface area contributed by atoms with E-state index >= 15 is 0 Å². The summed E-state index contributed by atoms with van der Waals surface area (Å²) >= 11 is 0. The first kappa shape index (κ1) is 23.2. The third-order valence-electron chi connectivity index (χ3n) is 2.83. The Morgan fingerprint density at radius 2 is 1.46 bits per heavy atom. The van der Waals surface area contributed by atoms with Crippen molar-refractivity contribution in [1.82, 2.24) is 10.7 Å². The van der Waals surface area contributed by atoms with Crippen LogP contribution in [0.4, 0.5) is 4.39 Å². The minimum Gasteiger partial charge on any atom is -0.378 e. The van der Waals surface area contributed by atoms with Crippen molar-refractivity contribution < 1.29 is 28.1 Å². The molecule has 0 bridgehead atoms. The molecule has 0 aromatic heterocycles. The van der Waals surface area contributed by atoms with E-state index in [1.807, 2.05) is 0 Å². The van der Waals surface area contributed by atoms with Crippen LogP contribution in [0, 0.1) is 5.92 Å². The first-order chi connectivity index (χ1) is 11.6. The molecule has 8 nitrogen and oxygen atoms in total. The number of halogens is 1. The van der Waals surface area contributed by atoms with Crippen LogP contribution >= 0.6 is 0 Å². The summed E-state index contributed by atoms with van der Waals surface area (Å²) < 4.78 is 34.4. The fourth-order valence-corrected chi connectivity index (χ4v) is 1.48. The van der Waals surface area contributed by atoms with Gasteiger partial charge in [0.15, 0.2) is 0 Å². The maximum absolute atomic E-state index is 13.4. The first-order valence-electron chi connectivity index (χ1n) is 8.24. The van der Waals surface area contributed by atoms with Gasteiger partial charge in [-0.1, -0.05) is 13.8 Å². The van der Waals surface area contributed by atoms with Gasteiger partial charge in [0.2, 0.25) is 5.91 Å². The highest BCUT2D eigenvalue weighted by molar-refractivity contribution is 5.77. The summed E-state index contributed by atoms with van der Waals surface area (Å²) in [7, 11) is 0. The summed E-state index contributed by atoms with van der Waals surface area (Å²) in [6.45, 7) is 7.15. The smallest absolute Gasteiger partial charge is 0.222 e. The number of ether oxygens (including phenoxy) is 4. The maximum Gasteiger partial charge on any atom is 0.222 e. The Morgan fingerprint density at radius 3 is 1.96 bits per heavy atom. The third kappa shape index (κ3) is 16.0. The van der Waals surface area contributed by atoms with E-state index in [9.17, 15) is 9.18 Å². The monoisotopic (exact) mass is 353 g/mol. The zero-order valence-electron chi connectivity index (χ0n) is 14.7. The summed E-state index contributed by atoms with van der Waals surface area (Å²) in [5.74, 6) is 4.77. The highest BCUT2D eigenvalue weighted by Gasteiger charge is 2.11. The standard InChI is InChI=1S/C15H32FN3O5/c1-13(2)15(20)18-11-14(16)12-24-10-9-23-8-7-22-6-5-21-4-3-19-17/h13-14,19H,3-12,17H2,1-2H3,(H,18,20). The second-order valence-electron chi connectivity index (χ2n) is 5.36. The number of hydrazine groups is 1. The number of hydrogen-bond acceptors (Lipinski definition) is 7. The molecule has 0 heterocycles. The van der Waals surface area contributed by atoms with Crippen LogP contribution < -0.4 is 16.6 Å². The average molecular weight is 353 g/mol. The van der Waals surface area contributed by atoms with Crippen molar-refractivity contribution in [2.45, 2.75) is 20.0 Å². The van der Waals surface area contributed by atoms with Gasteiger partial charge in [0.05, 0.1) is 59.4 Å². The lowest BCUT2D eigenvalue weighted by atomic mass is 10.2. The molecule has 0 saturated heterocycles. The highest BCUT2D eigenvalue weighted by Crippen LogP contribution is 1.94. The molecule has 1 amide bonds. The molecule has 0 aliphatic carbocycles. The summed E-state index contributed by atoms with van der Waals surface area (Å²) in [6.07, 6.45) is -1.22. The number of alkyl halides is 1. The van der Waals surface area contributed by atoms with Crippen molar-refractivity contribution in [1.29, 1.82) is 0 Å². The quantitative estimate of drug-likeness (QED) is 0.186. The van der Waals surface area contributed by atoms with E-state index < -0.39 is 6.17 Å². The third-order valence-corrected chi connectivity index (χ3v) is 2.83. The topological polar surface area (TPSA) is 104 Å². The Bertz CT molecular complexity index is 298. The van der Waals surface area contributed by atoms with Crippen molar-refractivity contribution in [2.24, 2.45) is 11.8 Å². The fourth-order valence-electron chi connectivity index (χ4n) is 1.48. The molecular weight excluding hydrogens is 321 g/mol. The molecule has 4 N–H and O–H groups in total. The van der Waals surface area contributed by atoms with Gasteiger partial charge >= 0.3 is 0 Å². The highest BCUT2D eigenvalue weighted by atomic mass is 19.1.